The van der Waals surface area contributed by atoms with E-state index in [1.807, 2.05) is 30.3 Å². The molecule has 0 saturated carbocycles. The molecule has 0 radical (unpaired) electrons. The van der Waals surface area contributed by atoms with E-state index >= 15 is 0 Å². The van der Waals surface area contributed by atoms with E-state index in [9.17, 15) is 9.90 Å². The largest absolute Gasteiger partial charge is 0.493 e. The Morgan fingerprint density at radius 3 is 2.56 bits per heavy atom. The van der Waals surface area contributed by atoms with Crippen molar-refractivity contribution >= 4 is 5.97 Å². The molecule has 2 aromatic rings. The Balaban J connectivity index is 2.25. The van der Waals surface area contributed by atoms with Gasteiger partial charge in [0, 0.05) is 6.07 Å². The Kier molecular flexibility index (Phi) is 2.59. The molecule has 0 amide bonds. The topological polar surface area (TPSA) is 75.3 Å². The standard InChI is InChI=1S/C11H10N2O3/c14-10-6-9(11(15)16)12-13(10)7-8-4-2-1-3-5-8/h1-6,14H,7H2,(H,15,16). The van der Waals surface area contributed by atoms with E-state index < -0.39 is 5.97 Å². The van der Waals surface area contributed by atoms with Crippen LogP contribution in [0.4, 0.5) is 0 Å². The quantitative estimate of drug-likeness (QED) is 0.815. The second-order valence-electron chi connectivity index (χ2n) is 3.34. The Bertz CT molecular complexity index is 505. The predicted octanol–water partition coefficient (Wildman–Crippen LogP) is 1.34. The van der Waals surface area contributed by atoms with Crippen LogP contribution >= 0.6 is 0 Å². The molecule has 0 aliphatic carbocycles. The number of rotatable bonds is 3. The molecule has 0 saturated heterocycles. The maximum absolute atomic E-state index is 10.6. The van der Waals surface area contributed by atoms with Crippen LogP contribution in [0.5, 0.6) is 5.88 Å². The summed E-state index contributed by atoms with van der Waals surface area (Å²) >= 11 is 0. The predicted molar refractivity (Wildman–Crippen MR) is 56.4 cm³/mol. The highest BCUT2D eigenvalue weighted by Crippen LogP contribution is 2.13. The molecule has 0 unspecified atom stereocenters. The molecule has 82 valence electrons. The Morgan fingerprint density at radius 1 is 1.31 bits per heavy atom. The van der Waals surface area contributed by atoms with E-state index in [1.54, 1.807) is 0 Å². The van der Waals surface area contributed by atoms with Gasteiger partial charge in [0.15, 0.2) is 5.69 Å². The van der Waals surface area contributed by atoms with Gasteiger partial charge in [-0.05, 0) is 5.56 Å². The van der Waals surface area contributed by atoms with Crippen molar-refractivity contribution < 1.29 is 15.0 Å². The molecule has 1 aromatic carbocycles. The summed E-state index contributed by atoms with van der Waals surface area (Å²) in [5.41, 5.74) is 0.784. The van der Waals surface area contributed by atoms with Crippen LogP contribution in [0.15, 0.2) is 36.4 Å². The molecule has 0 aliphatic heterocycles. The first kappa shape index (κ1) is 10.2. The van der Waals surface area contributed by atoms with Crippen LogP contribution in [0.2, 0.25) is 0 Å². The van der Waals surface area contributed by atoms with Crippen LogP contribution in [0.25, 0.3) is 0 Å². The highest BCUT2D eigenvalue weighted by atomic mass is 16.4. The summed E-state index contributed by atoms with van der Waals surface area (Å²) in [6.45, 7) is 0.347. The average molecular weight is 218 g/mol. The third kappa shape index (κ3) is 2.03. The normalized spacial score (nSPS) is 10.2. The summed E-state index contributed by atoms with van der Waals surface area (Å²) in [7, 11) is 0. The number of aromatic carboxylic acids is 1. The van der Waals surface area contributed by atoms with Crippen LogP contribution in [-0.2, 0) is 6.54 Å². The molecule has 16 heavy (non-hydrogen) atoms. The van der Waals surface area contributed by atoms with Crippen LogP contribution in [0.3, 0.4) is 0 Å². The minimum atomic E-state index is -1.15. The smallest absolute Gasteiger partial charge is 0.356 e. The molecule has 2 rings (SSSR count). The minimum absolute atomic E-state index is 0.152. The molecule has 1 aromatic heterocycles. The first-order chi connectivity index (χ1) is 7.66. The molecule has 0 bridgehead atoms. The van der Waals surface area contributed by atoms with E-state index in [-0.39, 0.29) is 11.6 Å². The number of carboxylic acids is 1. The maximum Gasteiger partial charge on any atom is 0.356 e. The number of hydrogen-bond donors (Lipinski definition) is 2. The lowest BCUT2D eigenvalue weighted by molar-refractivity contribution is 0.0689. The number of nitrogens with zero attached hydrogens (tertiary/aromatic N) is 2. The summed E-state index contributed by atoms with van der Waals surface area (Å²) in [5.74, 6) is -1.30. The number of carbonyl (C=O) groups is 1. The third-order valence-corrected chi connectivity index (χ3v) is 2.15. The van der Waals surface area contributed by atoms with Crippen molar-refractivity contribution in [3.63, 3.8) is 0 Å². The van der Waals surface area contributed by atoms with Gasteiger partial charge in [0.25, 0.3) is 0 Å². The van der Waals surface area contributed by atoms with Gasteiger partial charge in [-0.1, -0.05) is 30.3 Å². The molecule has 0 fully saturated rings. The molecule has 0 atom stereocenters. The lowest BCUT2D eigenvalue weighted by Gasteiger charge is -2.02. The first-order valence-electron chi connectivity index (χ1n) is 4.71. The Hall–Kier alpha value is -2.30. The van der Waals surface area contributed by atoms with Gasteiger partial charge in [-0.25, -0.2) is 9.48 Å². The number of aromatic hydroxyl groups is 1. The van der Waals surface area contributed by atoms with Crippen molar-refractivity contribution in [1.29, 1.82) is 0 Å². The first-order valence-corrected chi connectivity index (χ1v) is 4.71. The van der Waals surface area contributed by atoms with Gasteiger partial charge in [-0.15, -0.1) is 0 Å². The molecule has 0 spiro atoms. The molecular formula is C11H10N2O3. The van der Waals surface area contributed by atoms with Gasteiger partial charge in [0.2, 0.25) is 5.88 Å². The molecule has 5 nitrogen and oxygen atoms in total. The maximum atomic E-state index is 10.6. The second-order valence-corrected chi connectivity index (χ2v) is 3.34. The molecule has 5 heteroatoms. The zero-order valence-electron chi connectivity index (χ0n) is 8.37. The summed E-state index contributed by atoms with van der Waals surface area (Å²) in [5, 5.41) is 22.0. The summed E-state index contributed by atoms with van der Waals surface area (Å²) in [6, 6.07) is 10.5. The van der Waals surface area contributed by atoms with Crippen molar-refractivity contribution in [3.8, 4) is 5.88 Å². The van der Waals surface area contributed by atoms with Crippen molar-refractivity contribution in [2.24, 2.45) is 0 Å². The molecule has 0 aliphatic rings. The van der Waals surface area contributed by atoms with Crippen LogP contribution < -0.4 is 0 Å². The van der Waals surface area contributed by atoms with Crippen LogP contribution in [0.1, 0.15) is 16.1 Å². The SMILES string of the molecule is O=C(O)c1cc(O)n(Cc2ccccc2)n1. The van der Waals surface area contributed by atoms with Gasteiger partial charge in [-0.3, -0.25) is 0 Å². The van der Waals surface area contributed by atoms with Crippen molar-refractivity contribution in [2.45, 2.75) is 6.54 Å². The van der Waals surface area contributed by atoms with Crippen molar-refractivity contribution in [2.75, 3.05) is 0 Å². The zero-order chi connectivity index (χ0) is 11.5. The molecule has 2 N–H and O–H groups in total. The Morgan fingerprint density at radius 2 is 2.00 bits per heavy atom. The van der Waals surface area contributed by atoms with E-state index in [4.69, 9.17) is 5.11 Å². The third-order valence-electron chi connectivity index (χ3n) is 2.15. The number of carboxylic acid groups (broad SMARTS) is 1. The molecular weight excluding hydrogens is 208 g/mol. The zero-order valence-corrected chi connectivity index (χ0v) is 8.37. The fourth-order valence-electron chi connectivity index (χ4n) is 1.38. The molecule has 1 heterocycles. The van der Waals surface area contributed by atoms with Crippen LogP contribution in [-0.4, -0.2) is 26.0 Å². The van der Waals surface area contributed by atoms with Gasteiger partial charge in [0.05, 0.1) is 6.54 Å². The highest BCUT2D eigenvalue weighted by Gasteiger charge is 2.12. The lowest BCUT2D eigenvalue weighted by Crippen LogP contribution is -2.04. The summed E-state index contributed by atoms with van der Waals surface area (Å²) in [4.78, 5) is 10.6. The van der Waals surface area contributed by atoms with Gasteiger partial charge < -0.3 is 10.2 Å². The van der Waals surface area contributed by atoms with Crippen LogP contribution in [0, 0.1) is 0 Å². The van der Waals surface area contributed by atoms with E-state index in [0.29, 0.717) is 6.54 Å². The monoisotopic (exact) mass is 218 g/mol. The minimum Gasteiger partial charge on any atom is -0.493 e. The van der Waals surface area contributed by atoms with E-state index in [1.165, 1.54) is 4.68 Å². The van der Waals surface area contributed by atoms with Gasteiger partial charge in [-0.2, -0.15) is 5.10 Å². The Labute approximate surface area is 91.6 Å². The fraction of sp³-hybridized carbons (Fsp3) is 0.0909. The van der Waals surface area contributed by atoms with Gasteiger partial charge in [0.1, 0.15) is 0 Å². The van der Waals surface area contributed by atoms with E-state index in [0.717, 1.165) is 11.6 Å². The van der Waals surface area contributed by atoms with Crippen molar-refractivity contribution in [3.05, 3.63) is 47.7 Å². The number of hydrogen-bond acceptors (Lipinski definition) is 3. The van der Waals surface area contributed by atoms with E-state index in [2.05, 4.69) is 5.10 Å². The average Bonchev–Trinajstić information content (AvgIpc) is 2.62. The summed E-state index contributed by atoms with van der Waals surface area (Å²) in [6.07, 6.45) is 0. The van der Waals surface area contributed by atoms with Crippen molar-refractivity contribution in [1.82, 2.24) is 9.78 Å². The highest BCUT2D eigenvalue weighted by molar-refractivity contribution is 5.85. The van der Waals surface area contributed by atoms with Gasteiger partial charge >= 0.3 is 5.97 Å². The lowest BCUT2D eigenvalue weighted by atomic mass is 10.2. The summed E-state index contributed by atoms with van der Waals surface area (Å²) < 4.78 is 1.25. The number of benzene rings is 1. The second kappa shape index (κ2) is 4.06. The number of aromatic nitrogens is 2. The fourth-order valence-corrected chi connectivity index (χ4v) is 1.38.